The van der Waals surface area contributed by atoms with E-state index in [1.54, 1.807) is 0 Å². The molecule has 0 aliphatic carbocycles. The fourth-order valence-electron chi connectivity index (χ4n) is 6.08. The van der Waals surface area contributed by atoms with Crippen LogP contribution in [0.15, 0.2) is 0 Å². The van der Waals surface area contributed by atoms with Crippen LogP contribution in [0, 0.1) is 143 Å². The van der Waals surface area contributed by atoms with Gasteiger partial charge in [-0.2, -0.15) is 0 Å². The fraction of sp³-hybridized carbons (Fsp3) is 1.00. The zero-order valence-electron chi connectivity index (χ0n) is 45.3. The Morgan fingerprint density at radius 3 is 0.259 bits per heavy atom. The second-order valence-corrected chi connectivity index (χ2v) is 19.3. The van der Waals surface area contributed by atoms with Crippen LogP contribution in [-0.2, 0) is 0 Å². The van der Waals surface area contributed by atoms with Crippen LogP contribution >= 0.6 is 0 Å². The van der Waals surface area contributed by atoms with Crippen LogP contribution in [0.2, 0.25) is 0 Å². The molecule has 2 aliphatic heterocycles. The van der Waals surface area contributed by atoms with E-state index >= 15 is 0 Å². The van der Waals surface area contributed by atoms with Crippen LogP contribution in [0.5, 0.6) is 0 Å². The van der Waals surface area contributed by atoms with Gasteiger partial charge in [-0.25, -0.2) is 112 Å². The predicted octanol–water partition coefficient (Wildman–Crippen LogP) is -38.3. The molecule has 2 fully saturated rings. The van der Waals surface area contributed by atoms with E-state index in [9.17, 15) is 40.9 Å². The number of β-amino-alcohol motifs (C(OH)–C–C–N with tert-alkyl or cyclic N) is 8. The van der Waals surface area contributed by atoms with Crippen molar-refractivity contribution in [2.24, 2.45) is 0 Å². The molecule has 0 spiro atoms. The molecule has 0 aromatic rings. The van der Waals surface area contributed by atoms with Crippen molar-refractivity contribution in [1.29, 1.82) is 0 Å². The van der Waals surface area contributed by atoms with E-state index in [1.165, 1.54) is 0 Å². The van der Waals surface area contributed by atoms with Gasteiger partial charge in [0.2, 0.25) is 0 Å². The zero-order valence-corrected chi connectivity index (χ0v) is 56.3. The topological polar surface area (TPSA) is 899 Å². The molecule has 0 aromatic carbocycles. The van der Waals surface area contributed by atoms with E-state index in [2.05, 4.69) is 39.2 Å². The first kappa shape index (κ1) is 118. The number of nitrogens with zero attached hydrogens (tertiary/aromatic N) is 8. The largest absolute Gasteiger partial charge is 3.00 e. The first-order valence-corrected chi connectivity index (χ1v) is 29.2. The number of aliphatic hydroxyl groups excluding tert-OH is 8. The van der Waals surface area contributed by atoms with Gasteiger partial charge < -0.3 is 68.2 Å². The average molecular weight is 1670 g/mol. The van der Waals surface area contributed by atoms with Gasteiger partial charge in [0.1, 0.15) is 0 Å². The summed E-state index contributed by atoms with van der Waals surface area (Å²) in [6.07, 6.45) is 0. The Hall–Kier alpha value is 2.64. The second kappa shape index (κ2) is 70.9. The van der Waals surface area contributed by atoms with Crippen LogP contribution < -0.4 is 112 Å². The number of halogens is 6. The van der Waals surface area contributed by atoms with Gasteiger partial charge >= 0.3 is 81.7 Å². The van der Waals surface area contributed by atoms with Gasteiger partial charge in [0.05, 0.1) is 52.9 Å². The molecule has 2 radical (unpaired) electrons. The summed E-state index contributed by atoms with van der Waals surface area (Å²) in [5.41, 5.74) is 0. The Kier molecular flexibility index (Phi) is 98.6. The van der Waals surface area contributed by atoms with E-state index in [0.29, 0.717) is 52.4 Å². The quantitative estimate of drug-likeness (QED) is 0.0711. The van der Waals surface area contributed by atoms with Crippen molar-refractivity contribution >= 4 is 0 Å². The van der Waals surface area contributed by atoms with E-state index in [0.717, 1.165) is 105 Å². The molecule has 45 nitrogen and oxygen atoms in total. The van der Waals surface area contributed by atoms with E-state index in [4.69, 9.17) is 112 Å². The number of hydrogen-bond acceptors (Lipinski definition) is 40. The zero-order chi connectivity index (χ0) is 62.2. The van der Waals surface area contributed by atoms with Crippen LogP contribution in [0.25, 0.3) is 0 Å². The van der Waals surface area contributed by atoms with Gasteiger partial charge in [-0.15, -0.1) is 61.5 Å². The van der Waals surface area contributed by atoms with Crippen molar-refractivity contribution in [2.45, 2.75) is 0 Å². The van der Waals surface area contributed by atoms with Crippen LogP contribution in [-0.4, -0.2) is 317 Å². The molecule has 2 rings (SSSR count). The van der Waals surface area contributed by atoms with Gasteiger partial charge in [-0.3, -0.25) is 39.2 Å². The smallest absolute Gasteiger partial charge is 0.412 e. The van der Waals surface area contributed by atoms with Crippen molar-refractivity contribution in [3.8, 4) is 0 Å². The predicted molar refractivity (Wildman–Crippen MR) is 206 cm³/mol. The Bertz CT molecular complexity index is 965. The number of aliphatic hydroxyl groups is 8. The molecule has 0 bridgehead atoms. The summed E-state index contributed by atoms with van der Waals surface area (Å²) in [6.45, 7) is 20.0. The van der Waals surface area contributed by atoms with E-state index < -0.39 is 61.5 Å². The molecular formula is C32H82Cl6N8Nd2O37. The minimum absolute atomic E-state index is 0. The van der Waals surface area contributed by atoms with E-state index in [-0.39, 0.29) is 162 Å². The number of rotatable bonds is 16. The first-order chi connectivity index (χ1) is 35.5. The molecule has 2 aliphatic rings. The molecule has 0 atom stereocenters. The van der Waals surface area contributed by atoms with Crippen molar-refractivity contribution in [3.63, 3.8) is 0 Å². The van der Waals surface area contributed by atoms with E-state index in [1.807, 2.05) is 0 Å². The van der Waals surface area contributed by atoms with Gasteiger partial charge in [-0.1, -0.05) is 0 Å². The molecule has 0 unspecified atom stereocenters. The molecule has 0 saturated carbocycles. The molecule has 522 valence electrons. The fourth-order valence-corrected chi connectivity index (χ4v) is 6.08. The van der Waals surface area contributed by atoms with Crippen molar-refractivity contribution in [2.75, 3.05) is 210 Å². The number of hydrogen-bond donors (Lipinski definition) is 8. The standard InChI is InChI=1S/2C16H36N4O4.6ClHO4.2Nd.5H2O/c2*21-13-9-17-1-2-18(10-14-22)5-6-20(12-16-24)8-7-19(4-3-17)11-15-23;6*2-1(3,4)5;;;;;;;/h2*21-24H,1-16H2;6*(H,2,3,4,5);;;5*1H2/q;;;;;;;;2*+3;;;;;/p-6. The van der Waals surface area contributed by atoms with Crippen molar-refractivity contribution in [3.05, 3.63) is 0 Å². The SMILES string of the molecule is O.O.O.O.O.OCCN1CCN(CCO)CCN(CCO)CCN(CCO)CC1.OCCN1CCN(CCO)CCN(CCO)CCN(CCO)CC1.[Nd+3].[Nd+3].[O-][Cl+3]([O-])([O-])[O-].[O-][Cl+3]([O-])([O-])[O-].[O-][Cl+3]([O-])([O-])[O-].[O-][Cl+3]([O-])([O-])[O-].[O-][Cl+3]([O-])([O-])[O-].[O-][Cl+3]([O-])([O-])[O-]. The van der Waals surface area contributed by atoms with Crippen LogP contribution in [0.4, 0.5) is 0 Å². The maximum Gasteiger partial charge on any atom is 3.00 e. The minimum atomic E-state index is -4.94. The second-order valence-electron chi connectivity index (χ2n) is 14.8. The normalized spacial score (nSPS) is 16.4. The summed E-state index contributed by atoms with van der Waals surface area (Å²) < 4.78 is 204. The first-order valence-electron chi connectivity index (χ1n) is 21.8. The van der Waals surface area contributed by atoms with Gasteiger partial charge in [0, 0.05) is 157 Å². The van der Waals surface area contributed by atoms with Crippen molar-refractivity contribution < 1.29 is 323 Å². The summed E-state index contributed by atoms with van der Waals surface area (Å²) in [6, 6.07) is 0. The summed E-state index contributed by atoms with van der Waals surface area (Å²) in [4.78, 5) is 17.9. The maximum absolute atomic E-state index is 9.26. The minimum Gasteiger partial charge on any atom is -0.412 e. The average Bonchev–Trinajstić information content (AvgIpc) is 3.22. The third kappa shape index (κ3) is 140. The summed E-state index contributed by atoms with van der Waals surface area (Å²) in [5, 5.41) is 74.1. The molecule has 0 amide bonds. The van der Waals surface area contributed by atoms with Gasteiger partial charge in [0.15, 0.2) is 0 Å². The molecule has 0 aromatic heterocycles. The van der Waals surface area contributed by atoms with Crippen molar-refractivity contribution in [1.82, 2.24) is 39.2 Å². The van der Waals surface area contributed by atoms with Gasteiger partial charge in [-0.05, 0) is 0 Å². The van der Waals surface area contributed by atoms with Gasteiger partial charge in [0.25, 0.3) is 0 Å². The van der Waals surface area contributed by atoms with Crippen LogP contribution in [0.1, 0.15) is 0 Å². The summed E-state index contributed by atoms with van der Waals surface area (Å²) >= 11 is 0. The molecular weight excluding hydrogens is 1590 g/mol. The Morgan fingerprint density at radius 2 is 0.224 bits per heavy atom. The monoisotopic (exact) mass is 1660 g/mol. The maximum atomic E-state index is 9.26. The third-order valence-corrected chi connectivity index (χ3v) is 9.19. The Labute approximate surface area is 567 Å². The molecule has 85 heavy (non-hydrogen) atoms. The Balaban J connectivity index is -0.0000000711. The Morgan fingerprint density at radius 1 is 0.176 bits per heavy atom. The summed E-state index contributed by atoms with van der Waals surface area (Å²) in [7, 11) is -29.7. The molecule has 2 saturated heterocycles. The third-order valence-electron chi connectivity index (χ3n) is 9.19. The molecule has 18 N–H and O–H groups in total. The molecule has 2 heterocycles. The van der Waals surface area contributed by atoms with Crippen LogP contribution in [0.3, 0.4) is 0 Å². The molecule has 53 heteroatoms. The summed E-state index contributed by atoms with van der Waals surface area (Å²) in [5.74, 6) is 0.